The first-order chi connectivity index (χ1) is 16.6. The van der Waals surface area contributed by atoms with E-state index in [0.29, 0.717) is 32.2 Å². The van der Waals surface area contributed by atoms with Gasteiger partial charge < -0.3 is 15.6 Å². The van der Waals surface area contributed by atoms with Crippen molar-refractivity contribution < 1.29 is 14.4 Å². The number of hydrogen-bond donors (Lipinski definition) is 3. The maximum atomic E-state index is 13.0. The van der Waals surface area contributed by atoms with Gasteiger partial charge in [0, 0.05) is 36.5 Å². The number of para-hydroxylation sites is 1. The first-order valence-corrected chi connectivity index (χ1v) is 12.2. The van der Waals surface area contributed by atoms with Crippen molar-refractivity contribution in [2.45, 2.75) is 64.3 Å². The topological polar surface area (TPSA) is 91.1 Å². The number of benzene rings is 2. The summed E-state index contributed by atoms with van der Waals surface area (Å²) in [6.07, 6.45) is 7.09. The normalized spacial score (nSPS) is 11.8. The molecule has 0 unspecified atom stereocenters. The van der Waals surface area contributed by atoms with Crippen molar-refractivity contribution in [1.82, 2.24) is 15.6 Å². The van der Waals surface area contributed by atoms with E-state index < -0.39 is 6.04 Å². The number of H-pyrrole nitrogens is 1. The van der Waals surface area contributed by atoms with E-state index in [1.807, 2.05) is 61.7 Å². The number of aromatic nitrogens is 1. The Balaban J connectivity index is 1.52. The fraction of sp³-hybridized carbons (Fsp3) is 0.393. The molecule has 0 aliphatic rings. The van der Waals surface area contributed by atoms with Crippen LogP contribution in [0.1, 0.15) is 56.6 Å². The van der Waals surface area contributed by atoms with Crippen LogP contribution in [-0.4, -0.2) is 35.2 Å². The van der Waals surface area contributed by atoms with Gasteiger partial charge in [0.1, 0.15) is 11.8 Å². The number of unbranched alkanes of at least 4 members (excludes halogenated alkanes) is 2. The fourth-order valence-corrected chi connectivity index (χ4v) is 4.10. The van der Waals surface area contributed by atoms with Crippen LogP contribution < -0.4 is 10.6 Å². The molecule has 0 aliphatic heterocycles. The molecule has 3 N–H and O–H groups in total. The Morgan fingerprint density at radius 3 is 2.50 bits per heavy atom. The zero-order chi connectivity index (χ0) is 24.2. The summed E-state index contributed by atoms with van der Waals surface area (Å²) in [4.78, 5) is 40.3. The van der Waals surface area contributed by atoms with Crippen molar-refractivity contribution >= 4 is 28.5 Å². The van der Waals surface area contributed by atoms with Crippen molar-refractivity contribution in [3.8, 4) is 0 Å². The summed E-state index contributed by atoms with van der Waals surface area (Å²) in [5.74, 6) is -0.0576. The van der Waals surface area contributed by atoms with Gasteiger partial charge in [-0.05, 0) is 36.5 Å². The minimum atomic E-state index is -0.582. The van der Waals surface area contributed by atoms with Crippen molar-refractivity contribution in [3.63, 3.8) is 0 Å². The molecule has 1 atom stereocenters. The van der Waals surface area contributed by atoms with Crippen LogP contribution in [0.5, 0.6) is 0 Å². The summed E-state index contributed by atoms with van der Waals surface area (Å²) in [7, 11) is 0. The van der Waals surface area contributed by atoms with Gasteiger partial charge in [0.25, 0.3) is 0 Å². The van der Waals surface area contributed by atoms with Gasteiger partial charge in [0.05, 0.1) is 6.42 Å². The zero-order valence-corrected chi connectivity index (χ0v) is 19.9. The zero-order valence-electron chi connectivity index (χ0n) is 19.9. The lowest BCUT2D eigenvalue weighted by molar-refractivity contribution is -0.128. The highest BCUT2D eigenvalue weighted by atomic mass is 16.2. The Kier molecular flexibility index (Phi) is 9.89. The van der Waals surface area contributed by atoms with E-state index in [4.69, 9.17) is 0 Å². The molecular weight excluding hydrogens is 426 g/mol. The fourth-order valence-electron chi connectivity index (χ4n) is 4.10. The Hall–Kier alpha value is -3.41. The maximum absolute atomic E-state index is 13.0. The molecule has 1 aromatic heterocycles. The van der Waals surface area contributed by atoms with Gasteiger partial charge >= 0.3 is 0 Å². The molecule has 0 spiro atoms. The predicted molar refractivity (Wildman–Crippen MR) is 135 cm³/mol. The molecule has 1 heterocycles. The van der Waals surface area contributed by atoms with Gasteiger partial charge in [-0.2, -0.15) is 0 Å². The van der Waals surface area contributed by atoms with Crippen LogP contribution in [0.4, 0.5) is 0 Å². The van der Waals surface area contributed by atoms with E-state index >= 15 is 0 Å². The van der Waals surface area contributed by atoms with Gasteiger partial charge in [0.2, 0.25) is 11.8 Å². The van der Waals surface area contributed by atoms with E-state index in [1.165, 1.54) is 0 Å². The quantitative estimate of drug-likeness (QED) is 0.309. The number of carbonyl (C=O) groups excluding carboxylic acids is 3. The monoisotopic (exact) mass is 461 g/mol. The number of aromatic amines is 1. The van der Waals surface area contributed by atoms with Crippen LogP contribution in [0.3, 0.4) is 0 Å². The molecule has 0 saturated carbocycles. The third-order valence-corrected chi connectivity index (χ3v) is 6.07. The average Bonchev–Trinajstić information content (AvgIpc) is 3.26. The average molecular weight is 462 g/mol. The summed E-state index contributed by atoms with van der Waals surface area (Å²) in [6.45, 7) is 2.37. The lowest BCUT2D eigenvalue weighted by Crippen LogP contribution is -2.47. The molecule has 0 fully saturated rings. The second-order valence-corrected chi connectivity index (χ2v) is 8.67. The van der Waals surface area contributed by atoms with E-state index in [1.54, 1.807) is 0 Å². The smallest absolute Gasteiger partial charge is 0.242 e. The number of amides is 2. The maximum Gasteiger partial charge on any atom is 0.242 e. The molecule has 6 nitrogen and oxygen atoms in total. The largest absolute Gasteiger partial charge is 0.361 e. The molecule has 34 heavy (non-hydrogen) atoms. The SMILES string of the molecule is CCC(=O)CCCCC[C@H](NC(=O)Cc1ccccc1)C(=O)NCCc1c[nH]c2ccccc12. The van der Waals surface area contributed by atoms with Gasteiger partial charge in [-0.1, -0.05) is 68.3 Å². The van der Waals surface area contributed by atoms with Crippen LogP contribution in [0, 0.1) is 0 Å². The third kappa shape index (κ3) is 7.87. The summed E-state index contributed by atoms with van der Waals surface area (Å²) < 4.78 is 0. The summed E-state index contributed by atoms with van der Waals surface area (Å²) in [5.41, 5.74) is 3.15. The Morgan fingerprint density at radius 1 is 0.941 bits per heavy atom. The van der Waals surface area contributed by atoms with Crippen molar-refractivity contribution in [2.24, 2.45) is 0 Å². The van der Waals surface area contributed by atoms with Crippen molar-refractivity contribution in [1.29, 1.82) is 0 Å². The lowest BCUT2D eigenvalue weighted by atomic mass is 10.0. The summed E-state index contributed by atoms with van der Waals surface area (Å²) >= 11 is 0. The minimum absolute atomic E-state index is 0.161. The first kappa shape index (κ1) is 25.2. The van der Waals surface area contributed by atoms with Gasteiger partial charge in [-0.3, -0.25) is 14.4 Å². The molecule has 3 rings (SSSR count). The Labute approximate surface area is 201 Å². The molecular formula is C28H35N3O3. The van der Waals surface area contributed by atoms with E-state index in [0.717, 1.165) is 41.3 Å². The molecule has 3 aromatic rings. The van der Waals surface area contributed by atoms with E-state index in [9.17, 15) is 14.4 Å². The third-order valence-electron chi connectivity index (χ3n) is 6.07. The summed E-state index contributed by atoms with van der Waals surface area (Å²) in [5, 5.41) is 7.09. The molecule has 0 saturated heterocycles. The van der Waals surface area contributed by atoms with Crippen molar-refractivity contribution in [2.75, 3.05) is 6.54 Å². The Morgan fingerprint density at radius 2 is 1.71 bits per heavy atom. The molecule has 2 amide bonds. The second-order valence-electron chi connectivity index (χ2n) is 8.67. The minimum Gasteiger partial charge on any atom is -0.361 e. The molecule has 2 aromatic carbocycles. The van der Waals surface area contributed by atoms with Crippen LogP contribution in [0.15, 0.2) is 60.8 Å². The number of ketones is 1. The number of rotatable bonds is 14. The second kappa shape index (κ2) is 13.3. The number of carbonyl (C=O) groups is 3. The van der Waals surface area contributed by atoms with Gasteiger partial charge in [0.15, 0.2) is 0 Å². The van der Waals surface area contributed by atoms with Crippen LogP contribution >= 0.6 is 0 Å². The lowest BCUT2D eigenvalue weighted by Gasteiger charge is -2.19. The van der Waals surface area contributed by atoms with Crippen LogP contribution in [0.2, 0.25) is 0 Å². The molecule has 0 bridgehead atoms. The highest BCUT2D eigenvalue weighted by molar-refractivity contribution is 5.88. The van der Waals surface area contributed by atoms with Gasteiger partial charge in [-0.25, -0.2) is 0 Å². The molecule has 6 heteroatoms. The van der Waals surface area contributed by atoms with E-state index in [2.05, 4.69) is 21.7 Å². The summed E-state index contributed by atoms with van der Waals surface area (Å²) in [6, 6.07) is 17.0. The number of nitrogens with one attached hydrogen (secondary N) is 3. The van der Waals surface area contributed by atoms with Crippen LogP contribution in [-0.2, 0) is 27.2 Å². The number of hydrogen-bond acceptors (Lipinski definition) is 3. The highest BCUT2D eigenvalue weighted by Gasteiger charge is 2.20. The highest BCUT2D eigenvalue weighted by Crippen LogP contribution is 2.17. The predicted octanol–water partition coefficient (Wildman–Crippen LogP) is 4.48. The number of Topliss-reactive ketones (excluding diaryl/α,β-unsaturated/α-hetero) is 1. The molecule has 180 valence electrons. The number of fused-ring (bicyclic) bond motifs is 1. The van der Waals surface area contributed by atoms with E-state index in [-0.39, 0.29) is 24.0 Å². The van der Waals surface area contributed by atoms with Crippen molar-refractivity contribution in [3.05, 3.63) is 71.9 Å². The standard InChI is InChI=1S/C28H35N3O3/c1-2-23(32)13-7-4-8-16-26(31-27(33)19-21-11-5-3-6-12-21)28(34)29-18-17-22-20-30-25-15-10-9-14-24(22)25/h3,5-6,9-12,14-15,20,26,30H,2,4,7-8,13,16-19H2,1H3,(H,29,34)(H,31,33)/t26-/m0/s1. The molecule has 0 radical (unpaired) electrons. The molecule has 0 aliphatic carbocycles. The first-order valence-electron chi connectivity index (χ1n) is 12.2. The van der Waals surface area contributed by atoms with Crippen LogP contribution in [0.25, 0.3) is 10.9 Å². The van der Waals surface area contributed by atoms with Gasteiger partial charge in [-0.15, -0.1) is 0 Å². The Bertz CT molecular complexity index is 1070.